The number of amides is 1. The smallest absolute Gasteiger partial charge is 0.416 e. The van der Waals surface area contributed by atoms with Crippen molar-refractivity contribution in [2.24, 2.45) is 5.10 Å². The Kier molecular flexibility index (Phi) is 8.13. The Morgan fingerprint density at radius 3 is 2.40 bits per heavy atom. The molecule has 0 unspecified atom stereocenters. The number of nitrogens with one attached hydrogen (secondary N) is 1. The number of hydrogen-bond acceptors (Lipinski definition) is 5. The summed E-state index contributed by atoms with van der Waals surface area (Å²) < 4.78 is 71.9. The van der Waals surface area contributed by atoms with Crippen LogP contribution in [-0.4, -0.2) is 33.7 Å². The van der Waals surface area contributed by atoms with E-state index < -0.39 is 34.2 Å². The van der Waals surface area contributed by atoms with Crippen molar-refractivity contribution in [3.05, 3.63) is 90.0 Å². The highest BCUT2D eigenvalue weighted by Gasteiger charge is 2.31. The Balaban J connectivity index is 1.86. The highest BCUT2D eigenvalue weighted by molar-refractivity contribution is 7.92. The maximum atomic E-state index is 13.4. The van der Waals surface area contributed by atoms with Crippen LogP contribution in [0.4, 0.5) is 18.9 Å². The Labute approximate surface area is 200 Å². The van der Waals surface area contributed by atoms with E-state index in [0.29, 0.717) is 0 Å². The van der Waals surface area contributed by atoms with Gasteiger partial charge in [-0.2, -0.15) is 18.3 Å². The van der Waals surface area contributed by atoms with Crippen LogP contribution in [0, 0.1) is 0 Å². The monoisotopic (exact) mass is 505 g/mol. The molecule has 0 saturated heterocycles. The third kappa shape index (κ3) is 6.60. The number of carbonyl (C=O) groups excluding carboxylic acids is 1. The first-order valence-electron chi connectivity index (χ1n) is 10.4. The SMILES string of the molecule is CCOc1ccccc1N(CC(=O)N/N=C\c1cccc(C(F)(F)F)c1)S(=O)(=O)c1ccccc1. The molecule has 0 heterocycles. The van der Waals surface area contributed by atoms with Crippen LogP contribution in [0.25, 0.3) is 0 Å². The van der Waals surface area contributed by atoms with Gasteiger partial charge in [-0.15, -0.1) is 0 Å². The molecule has 0 aliphatic heterocycles. The fraction of sp³-hybridized carbons (Fsp3) is 0.167. The van der Waals surface area contributed by atoms with Gasteiger partial charge in [0, 0.05) is 0 Å². The molecule has 1 N–H and O–H groups in total. The third-order valence-electron chi connectivity index (χ3n) is 4.67. The van der Waals surface area contributed by atoms with E-state index in [0.717, 1.165) is 22.7 Å². The highest BCUT2D eigenvalue weighted by Crippen LogP contribution is 2.32. The van der Waals surface area contributed by atoms with E-state index in [1.807, 2.05) is 0 Å². The van der Waals surface area contributed by atoms with Crippen molar-refractivity contribution in [3.8, 4) is 5.75 Å². The minimum absolute atomic E-state index is 0.0356. The summed E-state index contributed by atoms with van der Waals surface area (Å²) in [5.74, 6) is -0.547. The van der Waals surface area contributed by atoms with Crippen molar-refractivity contribution in [3.63, 3.8) is 0 Å². The number of sulfonamides is 1. The van der Waals surface area contributed by atoms with Gasteiger partial charge in [0.05, 0.1) is 29.0 Å². The highest BCUT2D eigenvalue weighted by atomic mass is 32.2. The van der Waals surface area contributed by atoms with E-state index in [2.05, 4.69) is 10.5 Å². The zero-order valence-electron chi connectivity index (χ0n) is 18.6. The predicted octanol–water partition coefficient (Wildman–Crippen LogP) is 4.45. The summed E-state index contributed by atoms with van der Waals surface area (Å²) in [7, 11) is -4.17. The lowest BCUT2D eigenvalue weighted by Gasteiger charge is -2.25. The number of carbonyl (C=O) groups is 1. The number of hydrazone groups is 1. The topological polar surface area (TPSA) is 88.1 Å². The minimum Gasteiger partial charge on any atom is -0.492 e. The molecule has 0 aliphatic carbocycles. The second-order valence-electron chi connectivity index (χ2n) is 7.14. The molecule has 35 heavy (non-hydrogen) atoms. The van der Waals surface area contributed by atoms with Crippen LogP contribution in [0.15, 0.2) is 88.9 Å². The predicted molar refractivity (Wildman–Crippen MR) is 126 cm³/mol. The Hall–Kier alpha value is -3.86. The number of rotatable bonds is 9. The fourth-order valence-corrected chi connectivity index (χ4v) is 4.55. The third-order valence-corrected chi connectivity index (χ3v) is 6.44. The quantitative estimate of drug-likeness (QED) is 0.344. The molecule has 1 amide bonds. The number of anilines is 1. The molecule has 0 radical (unpaired) electrons. The number of ether oxygens (including phenoxy) is 1. The molecule has 7 nitrogen and oxygen atoms in total. The van der Waals surface area contributed by atoms with Crippen LogP contribution in [-0.2, 0) is 21.0 Å². The van der Waals surface area contributed by atoms with Crippen molar-refractivity contribution in [2.75, 3.05) is 17.5 Å². The van der Waals surface area contributed by atoms with Gasteiger partial charge in [0.25, 0.3) is 15.9 Å². The molecular formula is C24H22F3N3O4S. The van der Waals surface area contributed by atoms with Crippen molar-refractivity contribution in [2.45, 2.75) is 18.0 Å². The van der Waals surface area contributed by atoms with Crippen LogP contribution in [0.2, 0.25) is 0 Å². The number of nitrogens with zero attached hydrogens (tertiary/aromatic N) is 2. The Bertz CT molecular complexity index is 1300. The molecule has 11 heteroatoms. The van der Waals surface area contributed by atoms with Crippen molar-refractivity contribution in [1.29, 1.82) is 0 Å². The Morgan fingerprint density at radius 1 is 1.03 bits per heavy atom. The maximum absolute atomic E-state index is 13.4. The molecule has 0 atom stereocenters. The van der Waals surface area contributed by atoms with Crippen LogP contribution in [0.5, 0.6) is 5.75 Å². The second kappa shape index (κ2) is 11.0. The molecule has 0 bridgehead atoms. The molecule has 3 aromatic carbocycles. The zero-order valence-corrected chi connectivity index (χ0v) is 19.4. The first-order chi connectivity index (χ1) is 16.6. The summed E-state index contributed by atoms with van der Waals surface area (Å²) in [5, 5.41) is 3.68. The van der Waals surface area contributed by atoms with Gasteiger partial charge in [-0.1, -0.05) is 42.5 Å². The lowest BCUT2D eigenvalue weighted by atomic mass is 10.1. The number of benzene rings is 3. The fourth-order valence-electron chi connectivity index (χ4n) is 3.10. The molecule has 0 aliphatic rings. The molecule has 0 aromatic heterocycles. The zero-order chi connectivity index (χ0) is 25.5. The van der Waals surface area contributed by atoms with Gasteiger partial charge >= 0.3 is 6.18 Å². The van der Waals surface area contributed by atoms with Gasteiger partial charge in [0.1, 0.15) is 12.3 Å². The molecular weight excluding hydrogens is 483 g/mol. The average molecular weight is 506 g/mol. The lowest BCUT2D eigenvalue weighted by Crippen LogP contribution is -2.39. The van der Waals surface area contributed by atoms with E-state index in [4.69, 9.17) is 4.74 Å². The van der Waals surface area contributed by atoms with Gasteiger partial charge in [-0.3, -0.25) is 9.10 Å². The number of para-hydroxylation sites is 2. The molecule has 3 rings (SSSR count). The Morgan fingerprint density at radius 2 is 1.71 bits per heavy atom. The summed E-state index contributed by atoms with van der Waals surface area (Å²) in [5.41, 5.74) is 1.56. The largest absolute Gasteiger partial charge is 0.492 e. The van der Waals surface area contributed by atoms with E-state index in [1.165, 1.54) is 30.3 Å². The normalized spacial score (nSPS) is 11.9. The van der Waals surface area contributed by atoms with Crippen LogP contribution in [0.3, 0.4) is 0 Å². The van der Waals surface area contributed by atoms with Crippen LogP contribution in [0.1, 0.15) is 18.1 Å². The van der Waals surface area contributed by atoms with Gasteiger partial charge in [-0.25, -0.2) is 13.8 Å². The van der Waals surface area contributed by atoms with Crippen molar-refractivity contribution in [1.82, 2.24) is 5.43 Å². The molecule has 0 spiro atoms. The van der Waals surface area contributed by atoms with Crippen molar-refractivity contribution < 1.29 is 31.1 Å². The summed E-state index contributed by atoms with van der Waals surface area (Å²) in [4.78, 5) is 12.6. The lowest BCUT2D eigenvalue weighted by molar-refractivity contribution is -0.137. The van der Waals surface area contributed by atoms with Crippen LogP contribution >= 0.6 is 0 Å². The van der Waals surface area contributed by atoms with Gasteiger partial charge in [0.2, 0.25) is 0 Å². The average Bonchev–Trinajstić information content (AvgIpc) is 2.83. The molecule has 3 aromatic rings. The van der Waals surface area contributed by atoms with E-state index in [9.17, 15) is 26.4 Å². The van der Waals surface area contributed by atoms with Gasteiger partial charge < -0.3 is 4.74 Å². The van der Waals surface area contributed by atoms with E-state index >= 15 is 0 Å². The molecule has 0 fully saturated rings. The number of halogens is 3. The molecule has 0 saturated carbocycles. The second-order valence-corrected chi connectivity index (χ2v) is 9.00. The first kappa shape index (κ1) is 25.8. The van der Waals surface area contributed by atoms with Gasteiger partial charge in [-0.05, 0) is 48.9 Å². The van der Waals surface area contributed by atoms with Gasteiger partial charge in [0.15, 0.2) is 0 Å². The maximum Gasteiger partial charge on any atom is 0.416 e. The summed E-state index contributed by atoms with van der Waals surface area (Å²) in [6, 6.07) is 18.3. The van der Waals surface area contributed by atoms with E-state index in [-0.39, 0.29) is 28.5 Å². The standard InChI is InChI=1S/C24H22F3N3O4S/c1-2-34-22-14-7-6-13-21(22)30(35(32,33)20-11-4-3-5-12-20)17-23(31)29-28-16-18-9-8-10-19(15-18)24(25,26)27/h3-16H,2,17H2,1H3,(H,29,31)/b28-16-. The minimum atomic E-state index is -4.52. The summed E-state index contributed by atoms with van der Waals surface area (Å²) >= 11 is 0. The number of alkyl halides is 3. The van der Waals surface area contributed by atoms with E-state index in [1.54, 1.807) is 43.3 Å². The molecule has 184 valence electrons. The summed E-state index contributed by atoms with van der Waals surface area (Å²) in [6.07, 6.45) is -3.48. The first-order valence-corrected chi connectivity index (χ1v) is 11.9. The van der Waals surface area contributed by atoms with Crippen LogP contribution < -0.4 is 14.5 Å². The number of hydrogen-bond donors (Lipinski definition) is 1. The van der Waals surface area contributed by atoms with Crippen molar-refractivity contribution >= 4 is 27.8 Å². The summed E-state index contributed by atoms with van der Waals surface area (Å²) in [6.45, 7) is 1.35.